The fourth-order valence-corrected chi connectivity index (χ4v) is 4.86. The van der Waals surface area contributed by atoms with Crippen LogP contribution in [-0.2, 0) is 7.05 Å². The average Bonchev–Trinajstić information content (AvgIpc) is 3.24. The summed E-state index contributed by atoms with van der Waals surface area (Å²) in [6, 6.07) is 9.46. The lowest BCUT2D eigenvalue weighted by molar-refractivity contribution is 0.102. The molecule has 1 aliphatic rings. The molecule has 34 heavy (non-hydrogen) atoms. The third-order valence-electron chi connectivity index (χ3n) is 5.65. The van der Waals surface area contributed by atoms with Gasteiger partial charge in [0.15, 0.2) is 5.82 Å². The van der Waals surface area contributed by atoms with Crippen molar-refractivity contribution < 1.29 is 4.79 Å². The highest BCUT2D eigenvalue weighted by Crippen LogP contribution is 2.48. The molecular formula is C22H16N10OS. The first-order valence-corrected chi connectivity index (χ1v) is 11.3. The van der Waals surface area contributed by atoms with Crippen LogP contribution in [0.15, 0.2) is 42.9 Å². The van der Waals surface area contributed by atoms with Crippen molar-refractivity contribution in [1.82, 2.24) is 39.3 Å². The largest absolute Gasteiger partial charge is 0.320 e. The van der Waals surface area contributed by atoms with Gasteiger partial charge in [0.1, 0.15) is 22.0 Å². The Morgan fingerprint density at radius 3 is 2.85 bits per heavy atom. The van der Waals surface area contributed by atoms with Crippen LogP contribution < -0.4 is 5.32 Å². The fourth-order valence-electron chi connectivity index (χ4n) is 3.99. The van der Waals surface area contributed by atoms with E-state index in [0.29, 0.717) is 16.4 Å². The van der Waals surface area contributed by atoms with Crippen LogP contribution in [0.3, 0.4) is 0 Å². The van der Waals surface area contributed by atoms with E-state index >= 15 is 0 Å². The van der Waals surface area contributed by atoms with Gasteiger partial charge >= 0.3 is 0 Å². The Morgan fingerprint density at radius 1 is 1.26 bits per heavy atom. The van der Waals surface area contributed by atoms with Crippen LogP contribution in [0, 0.1) is 11.3 Å². The summed E-state index contributed by atoms with van der Waals surface area (Å²) < 4.78 is 6.41. The summed E-state index contributed by atoms with van der Waals surface area (Å²) >= 11 is 1.17. The van der Waals surface area contributed by atoms with Crippen molar-refractivity contribution in [3.05, 3.63) is 58.9 Å². The maximum Gasteiger partial charge on any atom is 0.267 e. The van der Waals surface area contributed by atoms with Gasteiger partial charge in [0, 0.05) is 18.2 Å². The number of hydrogen-bond acceptors (Lipinski definition) is 9. The van der Waals surface area contributed by atoms with Crippen LogP contribution in [0.1, 0.15) is 39.6 Å². The standard InChI is InChI=1S/C22H16N10OS/c1-31-19-15(3-2-4-16(19)28-30-31)18-17(12-5-6-12)20(34-29-18)22(33)27-14-9-13(10-23)21(24-11-14)32-25-7-8-26-32/h2-4,7-9,11-12H,5-6H2,1H3,(H,27,33). The molecule has 1 amide bonds. The van der Waals surface area contributed by atoms with Crippen LogP contribution in [0.5, 0.6) is 0 Å². The van der Waals surface area contributed by atoms with E-state index in [-0.39, 0.29) is 17.4 Å². The summed E-state index contributed by atoms with van der Waals surface area (Å²) in [5.74, 6) is 0.297. The number of carbonyl (C=O) groups is 1. The second kappa shape index (κ2) is 7.82. The van der Waals surface area contributed by atoms with E-state index in [4.69, 9.17) is 0 Å². The maximum atomic E-state index is 13.3. The van der Waals surface area contributed by atoms with Crippen LogP contribution in [0.25, 0.3) is 28.1 Å². The molecular weight excluding hydrogens is 452 g/mol. The van der Waals surface area contributed by atoms with E-state index in [1.165, 1.54) is 34.9 Å². The molecule has 0 spiro atoms. The Kier molecular flexibility index (Phi) is 4.63. The second-order valence-corrected chi connectivity index (χ2v) is 8.69. The Balaban J connectivity index is 1.36. The molecule has 166 valence electrons. The molecule has 0 saturated heterocycles. The lowest BCUT2D eigenvalue weighted by atomic mass is 10.0. The normalized spacial score (nSPS) is 13.2. The first-order chi connectivity index (χ1) is 16.6. The van der Waals surface area contributed by atoms with Gasteiger partial charge in [0.05, 0.1) is 35.5 Å². The van der Waals surface area contributed by atoms with E-state index in [1.807, 2.05) is 25.2 Å². The quantitative estimate of drug-likeness (QED) is 0.415. The van der Waals surface area contributed by atoms with Crippen molar-refractivity contribution in [2.45, 2.75) is 18.8 Å². The summed E-state index contributed by atoms with van der Waals surface area (Å²) in [5.41, 5.74) is 4.97. The minimum absolute atomic E-state index is 0.247. The lowest BCUT2D eigenvalue weighted by Crippen LogP contribution is -2.13. The van der Waals surface area contributed by atoms with Gasteiger partial charge in [-0.2, -0.15) is 19.8 Å². The number of nitrogens with one attached hydrogen (secondary N) is 1. The van der Waals surface area contributed by atoms with E-state index in [9.17, 15) is 10.1 Å². The highest BCUT2D eigenvalue weighted by Gasteiger charge is 2.34. The number of pyridine rings is 1. The van der Waals surface area contributed by atoms with Crippen molar-refractivity contribution in [2.24, 2.45) is 7.05 Å². The molecule has 0 bridgehead atoms. The van der Waals surface area contributed by atoms with Gasteiger partial charge in [-0.15, -0.1) is 9.90 Å². The number of anilines is 1. The molecule has 1 saturated carbocycles. The Labute approximate surface area is 196 Å². The number of benzene rings is 1. The smallest absolute Gasteiger partial charge is 0.267 e. The van der Waals surface area contributed by atoms with Crippen molar-refractivity contribution in [1.29, 1.82) is 5.26 Å². The summed E-state index contributed by atoms with van der Waals surface area (Å²) in [6.45, 7) is 0. The van der Waals surface area contributed by atoms with Crippen molar-refractivity contribution in [2.75, 3.05) is 5.32 Å². The molecule has 1 N–H and O–H groups in total. The van der Waals surface area contributed by atoms with Gasteiger partial charge in [0.2, 0.25) is 0 Å². The summed E-state index contributed by atoms with van der Waals surface area (Å²) in [5, 5.41) is 28.8. The van der Waals surface area contributed by atoms with Gasteiger partial charge in [-0.25, -0.2) is 9.67 Å². The monoisotopic (exact) mass is 468 g/mol. The van der Waals surface area contributed by atoms with Gasteiger partial charge in [-0.3, -0.25) is 4.79 Å². The third-order valence-corrected chi connectivity index (χ3v) is 6.51. The SMILES string of the molecule is Cn1nnc2cccc(-c3nsc(C(=O)Nc4cnc(-n5nccn5)c(C#N)c4)c3C3CC3)c21. The van der Waals surface area contributed by atoms with Gasteiger partial charge in [-0.1, -0.05) is 17.3 Å². The number of nitrogens with zero attached hydrogens (tertiary/aromatic N) is 9. The number of fused-ring (bicyclic) bond motifs is 1. The second-order valence-electron chi connectivity index (χ2n) is 7.91. The van der Waals surface area contributed by atoms with Gasteiger partial charge in [-0.05, 0) is 42.4 Å². The zero-order valence-corrected chi connectivity index (χ0v) is 18.7. The predicted molar refractivity (Wildman–Crippen MR) is 123 cm³/mol. The molecule has 6 rings (SSSR count). The number of amides is 1. The molecule has 1 aromatic carbocycles. The molecule has 0 aliphatic heterocycles. The average molecular weight is 469 g/mol. The number of carbonyl (C=O) groups excluding carboxylic acids is 1. The van der Waals surface area contributed by atoms with Crippen LogP contribution in [-0.4, -0.2) is 45.3 Å². The highest BCUT2D eigenvalue weighted by molar-refractivity contribution is 7.08. The summed E-state index contributed by atoms with van der Waals surface area (Å²) in [7, 11) is 1.85. The van der Waals surface area contributed by atoms with Crippen LogP contribution >= 0.6 is 11.5 Å². The Morgan fingerprint density at radius 2 is 2.09 bits per heavy atom. The predicted octanol–water partition coefficient (Wildman–Crippen LogP) is 3.07. The molecule has 4 aromatic heterocycles. The molecule has 1 fully saturated rings. The number of para-hydroxylation sites is 1. The number of hydrogen-bond donors (Lipinski definition) is 1. The first kappa shape index (κ1) is 20.1. The molecule has 5 aromatic rings. The topological polar surface area (TPSA) is 140 Å². The van der Waals surface area contributed by atoms with Crippen LogP contribution in [0.4, 0.5) is 5.69 Å². The zero-order chi connectivity index (χ0) is 23.2. The number of nitriles is 1. The Bertz CT molecular complexity index is 1590. The molecule has 1 aliphatic carbocycles. The van der Waals surface area contributed by atoms with E-state index in [1.54, 1.807) is 10.7 Å². The molecule has 0 atom stereocenters. The van der Waals surface area contributed by atoms with E-state index in [0.717, 1.165) is 40.7 Å². The zero-order valence-electron chi connectivity index (χ0n) is 17.9. The highest BCUT2D eigenvalue weighted by atomic mass is 32.1. The third kappa shape index (κ3) is 3.30. The number of rotatable bonds is 5. The molecule has 12 heteroatoms. The first-order valence-electron chi connectivity index (χ1n) is 10.5. The summed E-state index contributed by atoms with van der Waals surface area (Å²) in [6.07, 6.45) is 6.51. The molecule has 4 heterocycles. The lowest BCUT2D eigenvalue weighted by Gasteiger charge is -2.09. The minimum atomic E-state index is -0.281. The van der Waals surface area contributed by atoms with E-state index < -0.39 is 0 Å². The number of aromatic nitrogens is 8. The van der Waals surface area contributed by atoms with Crippen molar-refractivity contribution >= 4 is 34.2 Å². The van der Waals surface area contributed by atoms with Crippen molar-refractivity contribution in [3.63, 3.8) is 0 Å². The summed E-state index contributed by atoms with van der Waals surface area (Å²) in [4.78, 5) is 19.4. The van der Waals surface area contributed by atoms with Crippen molar-refractivity contribution in [3.8, 4) is 23.1 Å². The minimum Gasteiger partial charge on any atom is -0.320 e. The number of aryl methyl sites for hydroxylation is 1. The maximum absolute atomic E-state index is 13.3. The molecule has 0 radical (unpaired) electrons. The Hall–Kier alpha value is -4.50. The fraction of sp³-hybridized carbons (Fsp3) is 0.182. The van der Waals surface area contributed by atoms with Gasteiger partial charge in [0.25, 0.3) is 5.91 Å². The molecule has 11 nitrogen and oxygen atoms in total. The van der Waals surface area contributed by atoms with Gasteiger partial charge < -0.3 is 5.32 Å². The van der Waals surface area contributed by atoms with Crippen LogP contribution in [0.2, 0.25) is 0 Å². The van der Waals surface area contributed by atoms with E-state index in [2.05, 4.69) is 41.3 Å². The molecule has 0 unspecified atom stereocenters.